The number of aliphatic carboxylic acids is 2. The molecule has 2 amide bonds. The number of benzene rings is 1. The van der Waals surface area contributed by atoms with Crippen molar-refractivity contribution in [3.05, 3.63) is 40.2 Å². The van der Waals surface area contributed by atoms with E-state index < -0.39 is 35.5 Å². The Hall–Kier alpha value is -4.62. The molecule has 14 heteroatoms. The first-order valence-electron chi connectivity index (χ1n) is 10.7. The summed E-state index contributed by atoms with van der Waals surface area (Å²) < 4.78 is 0. The molecule has 186 valence electrons. The lowest BCUT2D eigenvalue weighted by molar-refractivity contribution is -0.140. The molecule has 1 aromatic carbocycles. The van der Waals surface area contributed by atoms with Crippen molar-refractivity contribution in [2.45, 2.75) is 31.3 Å². The summed E-state index contributed by atoms with van der Waals surface area (Å²) in [6.45, 7) is 0.582. The van der Waals surface area contributed by atoms with Crippen molar-refractivity contribution in [3.63, 3.8) is 0 Å². The molecule has 2 aromatic rings. The van der Waals surface area contributed by atoms with Gasteiger partial charge >= 0.3 is 11.9 Å². The first-order valence-corrected chi connectivity index (χ1v) is 10.7. The molecule has 1 aliphatic rings. The third kappa shape index (κ3) is 6.25. The second-order valence-corrected chi connectivity index (χ2v) is 7.80. The fourth-order valence-electron chi connectivity index (χ4n) is 3.58. The van der Waals surface area contributed by atoms with Gasteiger partial charge in [0, 0.05) is 30.8 Å². The second kappa shape index (κ2) is 11.0. The molecule has 0 unspecified atom stereocenters. The van der Waals surface area contributed by atoms with Gasteiger partial charge in [-0.1, -0.05) is 0 Å². The van der Waals surface area contributed by atoms with Gasteiger partial charge in [-0.05, 0) is 37.1 Å². The third-order valence-corrected chi connectivity index (χ3v) is 5.36. The monoisotopic (exact) mass is 487 g/mol. The number of aromatic amines is 1. The van der Waals surface area contributed by atoms with Crippen molar-refractivity contribution in [2.75, 3.05) is 34.4 Å². The highest BCUT2D eigenvalue weighted by Crippen LogP contribution is 2.25. The van der Waals surface area contributed by atoms with E-state index in [0.717, 1.165) is 0 Å². The second-order valence-electron chi connectivity index (χ2n) is 7.80. The largest absolute Gasteiger partial charge is 0.481 e. The van der Waals surface area contributed by atoms with E-state index in [1.165, 1.54) is 17.0 Å². The summed E-state index contributed by atoms with van der Waals surface area (Å²) >= 11 is 0. The van der Waals surface area contributed by atoms with E-state index in [1.54, 1.807) is 12.1 Å². The molecule has 2 heterocycles. The van der Waals surface area contributed by atoms with Gasteiger partial charge in [-0.15, -0.1) is 0 Å². The van der Waals surface area contributed by atoms with Crippen LogP contribution in [0.2, 0.25) is 0 Å². The number of nitrogens with zero attached hydrogens (tertiary/aromatic N) is 2. The summed E-state index contributed by atoms with van der Waals surface area (Å²) in [5.41, 5.74) is 5.90. The summed E-state index contributed by atoms with van der Waals surface area (Å²) in [6, 6.07) is 4.59. The van der Waals surface area contributed by atoms with Crippen LogP contribution in [-0.2, 0) is 14.4 Å². The normalized spacial score (nSPS) is 15.3. The molecule has 8 N–H and O–H groups in total. The summed E-state index contributed by atoms with van der Waals surface area (Å²) in [5.74, 6) is -2.75. The Bertz CT molecular complexity index is 1170. The molecule has 0 fully saturated rings. The molecule has 0 bridgehead atoms. The van der Waals surface area contributed by atoms with Gasteiger partial charge in [0.25, 0.3) is 11.5 Å². The fourth-order valence-corrected chi connectivity index (χ4v) is 3.58. The maximum Gasteiger partial charge on any atom is 0.326 e. The highest BCUT2D eigenvalue weighted by molar-refractivity contribution is 5.96. The van der Waals surface area contributed by atoms with Gasteiger partial charge < -0.3 is 36.8 Å². The van der Waals surface area contributed by atoms with Gasteiger partial charge in [0.1, 0.15) is 6.04 Å². The number of aromatic nitrogens is 2. The van der Waals surface area contributed by atoms with Crippen LogP contribution in [0.25, 0.3) is 0 Å². The molecule has 0 saturated heterocycles. The van der Waals surface area contributed by atoms with Crippen molar-refractivity contribution in [3.8, 4) is 0 Å². The maximum absolute atomic E-state index is 12.4. The molecule has 0 saturated carbocycles. The van der Waals surface area contributed by atoms with E-state index in [4.69, 9.17) is 10.8 Å². The first kappa shape index (κ1) is 25.0. The Morgan fingerprint density at radius 2 is 1.97 bits per heavy atom. The predicted octanol–water partition coefficient (Wildman–Crippen LogP) is -0.341. The predicted molar refractivity (Wildman–Crippen MR) is 125 cm³/mol. The van der Waals surface area contributed by atoms with E-state index >= 15 is 0 Å². The fraction of sp³-hybridized carbons (Fsp3) is 0.333. The van der Waals surface area contributed by atoms with Crippen molar-refractivity contribution in [1.82, 2.24) is 15.3 Å². The minimum absolute atomic E-state index is 0.0102. The van der Waals surface area contributed by atoms with Crippen LogP contribution < -0.4 is 32.1 Å². The van der Waals surface area contributed by atoms with Crippen LogP contribution in [-0.4, -0.2) is 69.6 Å². The Kier molecular flexibility index (Phi) is 7.86. The van der Waals surface area contributed by atoms with E-state index in [0.29, 0.717) is 18.6 Å². The molecular formula is C21H25N7O7. The summed E-state index contributed by atoms with van der Waals surface area (Å²) in [6.07, 6.45) is 0.456. The topological polar surface area (TPSA) is 220 Å². The number of anilines is 4. The lowest BCUT2D eigenvalue weighted by Crippen LogP contribution is -2.50. The summed E-state index contributed by atoms with van der Waals surface area (Å²) in [7, 11) is 0. The maximum atomic E-state index is 12.4. The number of fused-ring (bicyclic) bond motifs is 1. The van der Waals surface area contributed by atoms with Crippen molar-refractivity contribution in [2.24, 2.45) is 0 Å². The highest BCUT2D eigenvalue weighted by Gasteiger charge is 2.29. The minimum Gasteiger partial charge on any atom is -0.481 e. The Balaban J connectivity index is 1.59. The number of carbonyl (C=O) groups is 4. The smallest absolute Gasteiger partial charge is 0.326 e. The third-order valence-electron chi connectivity index (χ3n) is 5.36. The van der Waals surface area contributed by atoms with Crippen molar-refractivity contribution in [1.29, 1.82) is 0 Å². The molecule has 2 atom stereocenters. The summed E-state index contributed by atoms with van der Waals surface area (Å²) in [4.78, 5) is 65.9. The minimum atomic E-state index is -1.25. The van der Waals surface area contributed by atoms with Crippen LogP contribution in [0.4, 0.5) is 23.1 Å². The van der Waals surface area contributed by atoms with E-state index in [1.807, 2.05) is 0 Å². The zero-order chi connectivity index (χ0) is 25.5. The van der Waals surface area contributed by atoms with E-state index in [9.17, 15) is 29.1 Å². The zero-order valence-corrected chi connectivity index (χ0v) is 18.5. The number of hydrogen-bond acceptors (Lipinski definition) is 9. The van der Waals surface area contributed by atoms with Gasteiger partial charge in [-0.3, -0.25) is 24.2 Å². The quantitative estimate of drug-likeness (QED) is 0.203. The Labute approximate surface area is 198 Å². The first-order chi connectivity index (χ1) is 16.7. The number of H-pyrrole nitrogens is 1. The molecule has 0 spiro atoms. The SMILES string of the molecule is Nc1nc2c(c(=O)[nH]1)N(C=O)[C@H](CNc1ccc(C(=O)N[C@H](CCCC(=O)O)C(=O)O)cc1)CN2. The van der Waals surface area contributed by atoms with Crippen LogP contribution in [0.1, 0.15) is 29.6 Å². The Morgan fingerprint density at radius 3 is 2.60 bits per heavy atom. The number of nitrogen functional groups attached to an aromatic ring is 1. The summed E-state index contributed by atoms with van der Waals surface area (Å²) in [5, 5.41) is 26.4. The number of nitrogens with one attached hydrogen (secondary N) is 4. The van der Waals surface area contributed by atoms with Crippen LogP contribution in [0.5, 0.6) is 0 Å². The highest BCUT2D eigenvalue weighted by atomic mass is 16.4. The molecule has 0 aliphatic carbocycles. The van der Waals surface area contributed by atoms with Crippen LogP contribution in [0.3, 0.4) is 0 Å². The number of carbonyl (C=O) groups excluding carboxylic acids is 2. The molecular weight excluding hydrogens is 462 g/mol. The van der Waals surface area contributed by atoms with Gasteiger partial charge in [0.05, 0.1) is 6.04 Å². The molecule has 1 aliphatic heterocycles. The number of carboxylic acid groups (broad SMARTS) is 2. The average Bonchev–Trinajstić information content (AvgIpc) is 2.81. The molecule has 14 nitrogen and oxygen atoms in total. The van der Waals surface area contributed by atoms with E-state index in [-0.39, 0.29) is 48.8 Å². The van der Waals surface area contributed by atoms with E-state index in [2.05, 4.69) is 25.9 Å². The molecule has 1 aromatic heterocycles. The van der Waals surface area contributed by atoms with Gasteiger partial charge in [0.2, 0.25) is 12.4 Å². The van der Waals surface area contributed by atoms with Gasteiger partial charge in [0.15, 0.2) is 11.5 Å². The van der Waals surface area contributed by atoms with Crippen LogP contribution >= 0.6 is 0 Å². The van der Waals surface area contributed by atoms with Gasteiger partial charge in [-0.25, -0.2) is 4.79 Å². The number of hydrogen-bond donors (Lipinski definition) is 7. The Morgan fingerprint density at radius 1 is 1.26 bits per heavy atom. The number of nitrogens with two attached hydrogens (primary N) is 1. The van der Waals surface area contributed by atoms with Crippen molar-refractivity contribution < 1.29 is 29.4 Å². The lowest BCUT2D eigenvalue weighted by atomic mass is 10.1. The molecule has 0 radical (unpaired) electrons. The zero-order valence-electron chi connectivity index (χ0n) is 18.5. The lowest BCUT2D eigenvalue weighted by Gasteiger charge is -2.34. The molecule has 35 heavy (non-hydrogen) atoms. The van der Waals surface area contributed by atoms with Crippen molar-refractivity contribution >= 4 is 47.4 Å². The average molecular weight is 487 g/mol. The molecule has 3 rings (SSSR count). The van der Waals surface area contributed by atoms with Gasteiger partial charge in [-0.2, -0.15) is 4.98 Å². The van der Waals surface area contributed by atoms with Crippen LogP contribution in [0.15, 0.2) is 29.1 Å². The number of amides is 2. The van der Waals surface area contributed by atoms with Crippen LogP contribution in [0, 0.1) is 0 Å². The number of rotatable bonds is 11. The number of carboxylic acids is 2. The standard InChI is InChI=1S/C21H25N7O7/c22-21-26-17-16(19(33)27-21)28(10-29)13(9-24-17)8-23-12-6-4-11(5-7-12)18(32)25-14(20(34)35)2-1-3-15(30)31/h4-7,10,13-14,23H,1-3,8-9H2,(H,25,32)(H,30,31)(H,34,35)(H4,22,24,26,27,33)/t13-,14-/m1/s1.